The topological polar surface area (TPSA) is 37.4 Å². The summed E-state index contributed by atoms with van der Waals surface area (Å²) >= 11 is 1.42. The van der Waals surface area contributed by atoms with Gasteiger partial charge >= 0.3 is 0 Å². The molecule has 1 aliphatic rings. The molecule has 1 amide bonds. The molecule has 1 fully saturated rings. The van der Waals surface area contributed by atoms with Crippen LogP contribution < -0.4 is 4.90 Å². The van der Waals surface area contributed by atoms with Gasteiger partial charge in [0, 0.05) is 17.3 Å². The van der Waals surface area contributed by atoms with Crippen molar-refractivity contribution < 1.29 is 9.59 Å². The highest BCUT2D eigenvalue weighted by atomic mass is 32.2. The summed E-state index contributed by atoms with van der Waals surface area (Å²) in [6.07, 6.45) is 1.56. The summed E-state index contributed by atoms with van der Waals surface area (Å²) in [5, 5.41) is 0.667. The van der Waals surface area contributed by atoms with E-state index in [-0.39, 0.29) is 11.7 Å². The normalized spacial score (nSPS) is 18.4. The molecule has 0 bridgehead atoms. The fourth-order valence-electron chi connectivity index (χ4n) is 2.43. The van der Waals surface area contributed by atoms with Crippen molar-refractivity contribution in [2.45, 2.75) is 18.6 Å². The van der Waals surface area contributed by atoms with Crippen LogP contribution in [0.3, 0.4) is 0 Å². The SMILES string of the molecule is CC1(C)S/C(=C\C(=O)c2ccccc2)N(c2ccccc2)C1=O. The van der Waals surface area contributed by atoms with Gasteiger partial charge < -0.3 is 0 Å². The predicted molar refractivity (Wildman–Crippen MR) is 94.5 cm³/mol. The first-order chi connectivity index (χ1) is 11.0. The van der Waals surface area contributed by atoms with Gasteiger partial charge in [-0.25, -0.2) is 0 Å². The van der Waals surface area contributed by atoms with Crippen LogP contribution in [-0.4, -0.2) is 16.4 Å². The summed E-state index contributed by atoms with van der Waals surface area (Å²) < 4.78 is -0.585. The van der Waals surface area contributed by atoms with E-state index in [1.54, 1.807) is 23.1 Å². The number of allylic oxidation sites excluding steroid dienone is 1. The summed E-state index contributed by atoms with van der Waals surface area (Å²) in [6, 6.07) is 18.5. The maximum absolute atomic E-state index is 12.7. The molecule has 0 aliphatic carbocycles. The molecule has 1 heterocycles. The molecule has 2 aromatic carbocycles. The number of anilines is 1. The Hall–Kier alpha value is -2.33. The van der Waals surface area contributed by atoms with Crippen molar-refractivity contribution >= 4 is 29.1 Å². The number of rotatable bonds is 3. The molecule has 0 spiro atoms. The molecule has 0 aromatic heterocycles. The molecular weight excluding hydrogens is 306 g/mol. The Morgan fingerprint density at radius 3 is 2.17 bits per heavy atom. The maximum atomic E-state index is 12.7. The minimum Gasteiger partial charge on any atom is -0.289 e. The van der Waals surface area contributed by atoms with E-state index in [1.165, 1.54) is 11.8 Å². The van der Waals surface area contributed by atoms with Gasteiger partial charge in [0.2, 0.25) is 5.91 Å². The first kappa shape index (κ1) is 15.6. The summed E-state index contributed by atoms with van der Waals surface area (Å²) in [7, 11) is 0. The average Bonchev–Trinajstić information content (AvgIpc) is 2.78. The Morgan fingerprint density at radius 1 is 1.00 bits per heavy atom. The number of carbonyl (C=O) groups is 2. The highest BCUT2D eigenvalue weighted by Crippen LogP contribution is 2.45. The Bertz CT molecular complexity index is 766. The predicted octanol–water partition coefficient (Wildman–Crippen LogP) is 4.27. The second-order valence-electron chi connectivity index (χ2n) is 5.80. The van der Waals surface area contributed by atoms with Crippen LogP contribution in [0.2, 0.25) is 0 Å². The summed E-state index contributed by atoms with van der Waals surface area (Å²) in [5.41, 5.74) is 1.40. The standard InChI is InChI=1S/C19H17NO2S/c1-19(2)18(22)20(15-11-7-4-8-12-15)17(23-19)13-16(21)14-9-5-3-6-10-14/h3-13H,1-2H3/b17-13-. The minimum absolute atomic E-state index is 0.0131. The summed E-state index contributed by atoms with van der Waals surface area (Å²) in [6.45, 7) is 3.76. The lowest BCUT2D eigenvalue weighted by Crippen LogP contribution is -2.34. The largest absolute Gasteiger partial charge is 0.289 e. The molecule has 23 heavy (non-hydrogen) atoms. The Morgan fingerprint density at radius 2 is 1.57 bits per heavy atom. The van der Waals surface area contributed by atoms with Crippen molar-refractivity contribution in [1.82, 2.24) is 0 Å². The summed E-state index contributed by atoms with van der Waals surface area (Å²) in [5.74, 6) is -0.111. The number of nitrogens with zero attached hydrogens (tertiary/aromatic N) is 1. The lowest BCUT2D eigenvalue weighted by atomic mass is 10.1. The van der Waals surface area contributed by atoms with E-state index in [4.69, 9.17) is 0 Å². The number of amides is 1. The smallest absolute Gasteiger partial charge is 0.248 e. The van der Waals surface area contributed by atoms with E-state index < -0.39 is 4.75 Å². The molecule has 116 valence electrons. The van der Waals surface area contributed by atoms with Gasteiger partial charge in [0.1, 0.15) is 0 Å². The van der Waals surface area contributed by atoms with Gasteiger partial charge in [0.25, 0.3) is 0 Å². The molecule has 0 atom stereocenters. The Labute approximate surface area is 140 Å². The molecule has 1 saturated heterocycles. The lowest BCUT2D eigenvalue weighted by Gasteiger charge is -2.18. The van der Waals surface area contributed by atoms with Crippen molar-refractivity contribution in [2.75, 3.05) is 4.90 Å². The van der Waals surface area contributed by atoms with Gasteiger partial charge in [0.05, 0.1) is 9.78 Å². The van der Waals surface area contributed by atoms with Crippen LogP contribution in [0.25, 0.3) is 0 Å². The van der Waals surface area contributed by atoms with E-state index in [2.05, 4.69) is 0 Å². The van der Waals surface area contributed by atoms with Crippen LogP contribution in [0.5, 0.6) is 0 Å². The third kappa shape index (κ3) is 3.08. The molecule has 2 aromatic rings. The third-order valence-corrected chi connectivity index (χ3v) is 4.82. The highest BCUT2D eigenvalue weighted by molar-refractivity contribution is 8.05. The molecule has 0 unspecified atom stereocenters. The number of thioether (sulfide) groups is 1. The van der Waals surface area contributed by atoms with Crippen LogP contribution in [0.15, 0.2) is 71.8 Å². The van der Waals surface area contributed by atoms with Crippen LogP contribution in [0, 0.1) is 0 Å². The minimum atomic E-state index is -0.585. The number of benzene rings is 2. The van der Waals surface area contributed by atoms with Crippen LogP contribution in [0.4, 0.5) is 5.69 Å². The quantitative estimate of drug-likeness (QED) is 0.625. The molecule has 3 rings (SSSR count). The number of para-hydroxylation sites is 1. The first-order valence-corrected chi connectivity index (χ1v) is 8.20. The summed E-state index contributed by atoms with van der Waals surface area (Å²) in [4.78, 5) is 26.8. The lowest BCUT2D eigenvalue weighted by molar-refractivity contribution is -0.119. The highest BCUT2D eigenvalue weighted by Gasteiger charge is 2.44. The zero-order chi connectivity index (χ0) is 16.4. The van der Waals surface area contributed by atoms with Gasteiger partial charge in [-0.1, -0.05) is 60.3 Å². The van der Waals surface area contributed by atoms with E-state index in [0.717, 1.165) is 5.69 Å². The molecule has 4 heteroatoms. The van der Waals surface area contributed by atoms with Crippen LogP contribution in [-0.2, 0) is 4.79 Å². The fourth-order valence-corrected chi connectivity index (χ4v) is 3.58. The zero-order valence-electron chi connectivity index (χ0n) is 13.0. The van der Waals surface area contributed by atoms with E-state index in [0.29, 0.717) is 10.6 Å². The van der Waals surface area contributed by atoms with Crippen LogP contribution in [0.1, 0.15) is 24.2 Å². The van der Waals surface area contributed by atoms with Gasteiger partial charge in [0.15, 0.2) is 5.78 Å². The average molecular weight is 323 g/mol. The molecule has 0 radical (unpaired) electrons. The Kier molecular flexibility index (Phi) is 4.09. The van der Waals surface area contributed by atoms with Crippen molar-refractivity contribution in [2.24, 2.45) is 0 Å². The van der Waals surface area contributed by atoms with Crippen molar-refractivity contribution in [1.29, 1.82) is 0 Å². The van der Waals surface area contributed by atoms with Crippen molar-refractivity contribution in [3.63, 3.8) is 0 Å². The zero-order valence-corrected chi connectivity index (χ0v) is 13.8. The second-order valence-corrected chi connectivity index (χ2v) is 7.44. The third-order valence-electron chi connectivity index (χ3n) is 3.63. The fraction of sp³-hybridized carbons (Fsp3) is 0.158. The van der Waals surface area contributed by atoms with E-state index >= 15 is 0 Å². The number of carbonyl (C=O) groups excluding carboxylic acids is 2. The van der Waals surface area contributed by atoms with Crippen molar-refractivity contribution in [3.05, 3.63) is 77.3 Å². The van der Waals surface area contributed by atoms with Crippen molar-refractivity contribution in [3.8, 4) is 0 Å². The van der Waals surface area contributed by atoms with Gasteiger partial charge in [-0.2, -0.15) is 0 Å². The molecule has 1 aliphatic heterocycles. The van der Waals surface area contributed by atoms with Gasteiger partial charge in [-0.3, -0.25) is 14.5 Å². The van der Waals surface area contributed by atoms with E-state index in [9.17, 15) is 9.59 Å². The Balaban J connectivity index is 2.01. The van der Waals surface area contributed by atoms with Gasteiger partial charge in [-0.15, -0.1) is 0 Å². The number of ketones is 1. The first-order valence-electron chi connectivity index (χ1n) is 7.39. The molecule has 3 nitrogen and oxygen atoms in total. The number of hydrogen-bond acceptors (Lipinski definition) is 3. The maximum Gasteiger partial charge on any atom is 0.248 e. The van der Waals surface area contributed by atoms with Crippen LogP contribution >= 0.6 is 11.8 Å². The second kappa shape index (κ2) is 6.05. The van der Waals surface area contributed by atoms with Gasteiger partial charge in [-0.05, 0) is 26.0 Å². The molecular formula is C19H17NO2S. The number of hydrogen-bond donors (Lipinski definition) is 0. The van der Waals surface area contributed by atoms with E-state index in [1.807, 2.05) is 62.4 Å². The molecule has 0 saturated carbocycles. The molecule has 0 N–H and O–H groups in total. The monoisotopic (exact) mass is 323 g/mol.